The van der Waals surface area contributed by atoms with Crippen molar-refractivity contribution in [2.45, 2.75) is 6.54 Å². The number of imidazole rings is 1. The lowest BCUT2D eigenvalue weighted by Crippen LogP contribution is -2.46. The van der Waals surface area contributed by atoms with E-state index in [9.17, 15) is 4.39 Å². The van der Waals surface area contributed by atoms with Gasteiger partial charge in [0.25, 0.3) is 0 Å². The van der Waals surface area contributed by atoms with Crippen LogP contribution in [0.3, 0.4) is 0 Å². The maximum absolute atomic E-state index is 13.2. The molecule has 0 amide bonds. The smallest absolute Gasteiger partial charge is 0.228 e. The molecular weight excluding hydrogens is 390 g/mol. The number of rotatable bonds is 4. The third-order valence-electron chi connectivity index (χ3n) is 4.34. The van der Waals surface area contributed by atoms with Gasteiger partial charge in [0.1, 0.15) is 0 Å². The second-order valence-electron chi connectivity index (χ2n) is 6.05. The molecule has 0 aliphatic carbocycles. The number of benzene rings is 1. The van der Waals surface area contributed by atoms with Crippen molar-refractivity contribution in [3.63, 3.8) is 0 Å². The van der Waals surface area contributed by atoms with Crippen LogP contribution in [0, 0.1) is 5.95 Å². The molecule has 4 rings (SSSR count). The van der Waals surface area contributed by atoms with Crippen LogP contribution in [0.1, 0.15) is 5.69 Å². The van der Waals surface area contributed by atoms with Crippen molar-refractivity contribution in [1.82, 2.24) is 24.4 Å². The van der Waals surface area contributed by atoms with Crippen LogP contribution >= 0.6 is 24.8 Å². The van der Waals surface area contributed by atoms with Crippen LogP contribution < -0.4 is 4.90 Å². The van der Waals surface area contributed by atoms with E-state index in [1.54, 1.807) is 0 Å². The summed E-state index contributed by atoms with van der Waals surface area (Å²) in [5.74, 6) is -0.0214. The highest BCUT2D eigenvalue weighted by Crippen LogP contribution is 2.14. The monoisotopic (exact) mass is 410 g/mol. The van der Waals surface area contributed by atoms with Crippen LogP contribution in [0.25, 0.3) is 5.69 Å². The predicted molar refractivity (Wildman–Crippen MR) is 108 cm³/mol. The molecule has 1 fully saturated rings. The van der Waals surface area contributed by atoms with Gasteiger partial charge in [-0.3, -0.25) is 4.90 Å². The number of anilines is 1. The molecule has 1 aliphatic rings. The highest BCUT2D eigenvalue weighted by atomic mass is 35.5. The van der Waals surface area contributed by atoms with E-state index in [1.807, 2.05) is 34.0 Å². The molecule has 3 heterocycles. The number of piperazine rings is 1. The summed E-state index contributed by atoms with van der Waals surface area (Å²) in [7, 11) is 0. The molecule has 1 aliphatic heterocycles. The van der Waals surface area contributed by atoms with Crippen molar-refractivity contribution in [3.8, 4) is 5.69 Å². The molecule has 1 saturated heterocycles. The molecule has 0 atom stereocenters. The minimum absolute atomic E-state index is 0. The van der Waals surface area contributed by atoms with Crippen LogP contribution in [0.2, 0.25) is 0 Å². The number of halogens is 3. The fourth-order valence-corrected chi connectivity index (χ4v) is 3.00. The van der Waals surface area contributed by atoms with E-state index in [2.05, 4.69) is 38.2 Å². The largest absolute Gasteiger partial charge is 0.338 e. The summed E-state index contributed by atoms with van der Waals surface area (Å²) in [5, 5.41) is 0. The highest BCUT2D eigenvalue weighted by Gasteiger charge is 2.20. The third-order valence-corrected chi connectivity index (χ3v) is 4.34. The zero-order chi connectivity index (χ0) is 17.1. The number of hydrogen-bond acceptors (Lipinski definition) is 5. The Morgan fingerprint density at radius 2 is 1.67 bits per heavy atom. The van der Waals surface area contributed by atoms with Gasteiger partial charge in [0, 0.05) is 56.9 Å². The van der Waals surface area contributed by atoms with E-state index in [1.165, 1.54) is 12.3 Å². The van der Waals surface area contributed by atoms with Crippen LogP contribution in [-0.2, 0) is 6.54 Å². The second-order valence-corrected chi connectivity index (χ2v) is 6.05. The van der Waals surface area contributed by atoms with Crippen LogP contribution in [-0.4, -0.2) is 50.6 Å². The van der Waals surface area contributed by atoms with Gasteiger partial charge >= 0.3 is 0 Å². The molecule has 0 saturated carbocycles. The number of para-hydroxylation sites is 1. The van der Waals surface area contributed by atoms with E-state index in [-0.39, 0.29) is 24.8 Å². The molecule has 3 aromatic rings. The lowest BCUT2D eigenvalue weighted by molar-refractivity contribution is 0.246. The van der Waals surface area contributed by atoms with Crippen LogP contribution in [0.5, 0.6) is 0 Å². The zero-order valence-electron chi connectivity index (χ0n) is 14.6. The van der Waals surface area contributed by atoms with Crippen molar-refractivity contribution >= 4 is 30.8 Å². The Bertz CT molecular complexity index is 837. The topological polar surface area (TPSA) is 50.1 Å². The van der Waals surface area contributed by atoms with E-state index < -0.39 is 5.95 Å². The molecule has 0 unspecified atom stereocenters. The number of hydrogen-bond donors (Lipinski definition) is 0. The summed E-state index contributed by atoms with van der Waals surface area (Å²) in [6.07, 6.45) is 5.37. The molecule has 0 spiro atoms. The molecule has 6 nitrogen and oxygen atoms in total. The molecule has 0 radical (unpaired) electrons. The summed E-state index contributed by atoms with van der Waals surface area (Å²) in [5.41, 5.74) is 2.15. The number of nitrogens with zero attached hydrogens (tertiary/aromatic N) is 6. The van der Waals surface area contributed by atoms with Crippen LogP contribution in [0.15, 0.2) is 55.1 Å². The van der Waals surface area contributed by atoms with Gasteiger partial charge < -0.3 is 9.47 Å². The lowest BCUT2D eigenvalue weighted by atomic mass is 10.3. The fraction of sp³-hybridized carbons (Fsp3) is 0.278. The summed E-state index contributed by atoms with van der Waals surface area (Å²) in [6.45, 7) is 4.11. The first-order valence-corrected chi connectivity index (χ1v) is 8.32. The first-order valence-electron chi connectivity index (χ1n) is 8.32. The van der Waals surface area contributed by atoms with E-state index in [4.69, 9.17) is 0 Å². The van der Waals surface area contributed by atoms with Gasteiger partial charge in [0.2, 0.25) is 11.9 Å². The molecule has 0 N–H and O–H groups in total. The SMILES string of the molecule is Cl.Cl.Fc1ccnc(N2CCN(Cc3cn(-c4ccccc4)cn3)CC2)n1. The van der Waals surface area contributed by atoms with Gasteiger partial charge in [-0.15, -0.1) is 24.8 Å². The van der Waals surface area contributed by atoms with E-state index in [0.29, 0.717) is 5.95 Å². The lowest BCUT2D eigenvalue weighted by Gasteiger charge is -2.34. The first kappa shape index (κ1) is 21.1. The predicted octanol–water partition coefficient (Wildman–Crippen LogP) is 2.97. The maximum atomic E-state index is 13.2. The molecular formula is C18H21Cl2FN6. The Morgan fingerprint density at radius 3 is 2.37 bits per heavy atom. The molecule has 1 aromatic carbocycles. The fourth-order valence-electron chi connectivity index (χ4n) is 3.00. The number of aromatic nitrogens is 4. The summed E-state index contributed by atoms with van der Waals surface area (Å²) < 4.78 is 15.3. The molecule has 27 heavy (non-hydrogen) atoms. The van der Waals surface area contributed by atoms with Crippen molar-refractivity contribution in [2.24, 2.45) is 0 Å². The molecule has 9 heteroatoms. The Balaban J connectivity index is 0.00000131. The summed E-state index contributed by atoms with van der Waals surface area (Å²) in [4.78, 5) is 16.9. The Morgan fingerprint density at radius 1 is 0.926 bits per heavy atom. The van der Waals surface area contributed by atoms with Crippen molar-refractivity contribution < 1.29 is 4.39 Å². The van der Waals surface area contributed by atoms with Gasteiger partial charge in [-0.25, -0.2) is 9.97 Å². The summed E-state index contributed by atoms with van der Waals surface area (Å²) in [6, 6.07) is 11.4. The standard InChI is InChI=1S/C18H19FN6.2ClH/c19-17-6-7-20-18(22-17)24-10-8-23(9-11-24)12-15-13-25(14-21-15)16-4-2-1-3-5-16;;/h1-7,13-14H,8-12H2;2*1H. The Labute approximate surface area is 169 Å². The molecule has 144 valence electrons. The average Bonchev–Trinajstić information content (AvgIpc) is 3.12. The Hall–Kier alpha value is -2.22. The van der Waals surface area contributed by atoms with E-state index in [0.717, 1.165) is 44.1 Å². The maximum Gasteiger partial charge on any atom is 0.228 e. The average molecular weight is 411 g/mol. The zero-order valence-corrected chi connectivity index (χ0v) is 16.2. The minimum atomic E-state index is -0.487. The van der Waals surface area contributed by atoms with Gasteiger partial charge in [0.15, 0.2) is 0 Å². The quantitative estimate of drug-likeness (QED) is 0.618. The van der Waals surface area contributed by atoms with Gasteiger partial charge in [0.05, 0.1) is 12.0 Å². The van der Waals surface area contributed by atoms with Gasteiger partial charge in [-0.05, 0) is 12.1 Å². The van der Waals surface area contributed by atoms with Crippen molar-refractivity contribution in [2.75, 3.05) is 31.1 Å². The van der Waals surface area contributed by atoms with Crippen molar-refractivity contribution in [1.29, 1.82) is 0 Å². The first-order chi connectivity index (χ1) is 12.3. The van der Waals surface area contributed by atoms with Crippen molar-refractivity contribution in [3.05, 3.63) is 66.8 Å². The normalized spacial score (nSPS) is 14.3. The second kappa shape index (κ2) is 9.64. The highest BCUT2D eigenvalue weighted by molar-refractivity contribution is 5.85. The van der Waals surface area contributed by atoms with Gasteiger partial charge in [-0.1, -0.05) is 18.2 Å². The minimum Gasteiger partial charge on any atom is -0.338 e. The third kappa shape index (κ3) is 5.15. The van der Waals surface area contributed by atoms with E-state index >= 15 is 0 Å². The Kier molecular flexibility index (Phi) is 7.53. The molecule has 2 aromatic heterocycles. The summed E-state index contributed by atoms with van der Waals surface area (Å²) >= 11 is 0. The molecule has 0 bridgehead atoms. The van der Waals surface area contributed by atoms with Gasteiger partial charge in [-0.2, -0.15) is 9.37 Å². The van der Waals surface area contributed by atoms with Crippen LogP contribution in [0.4, 0.5) is 10.3 Å².